The van der Waals surface area contributed by atoms with E-state index in [2.05, 4.69) is 20.0 Å². The third-order valence-corrected chi connectivity index (χ3v) is 9.92. The van der Waals surface area contributed by atoms with Crippen molar-refractivity contribution in [3.63, 3.8) is 0 Å². The number of rotatable bonds is 13. The van der Waals surface area contributed by atoms with Gasteiger partial charge in [-0.1, -0.05) is 42.1 Å². The van der Waals surface area contributed by atoms with E-state index in [-0.39, 0.29) is 54.3 Å². The van der Waals surface area contributed by atoms with Crippen LogP contribution in [-0.4, -0.2) is 79.3 Å². The number of anilines is 1. The molecule has 0 radical (unpaired) electrons. The Morgan fingerprint density at radius 2 is 2.05 bits per heavy atom. The summed E-state index contributed by atoms with van der Waals surface area (Å²) in [7, 11) is -4.03. The summed E-state index contributed by atoms with van der Waals surface area (Å²) in [5.41, 5.74) is 3.74. The zero-order chi connectivity index (χ0) is 31.7. The molecule has 238 valence electrons. The van der Waals surface area contributed by atoms with Crippen LogP contribution in [0.4, 0.5) is 10.7 Å². The Morgan fingerprint density at radius 3 is 2.77 bits per heavy atom. The maximum Gasteiger partial charge on any atom is 0.509 e. The number of nitrogens with one attached hydrogen (secondary N) is 2. The smallest absolute Gasteiger partial charge is 0.424 e. The quantitative estimate of drug-likeness (QED) is 0.118. The van der Waals surface area contributed by atoms with Crippen LogP contribution in [0.15, 0.2) is 41.5 Å². The highest BCUT2D eigenvalue weighted by Gasteiger charge is 2.64. The van der Waals surface area contributed by atoms with Gasteiger partial charge in [0.15, 0.2) is 34.2 Å². The van der Waals surface area contributed by atoms with Crippen LogP contribution in [0.25, 0.3) is 11.2 Å². The first-order chi connectivity index (χ1) is 20.8. The molecule has 0 amide bonds. The first-order valence-corrected chi connectivity index (χ1v) is 16.1. The number of aliphatic hydroxyl groups excluding tert-OH is 1. The van der Waals surface area contributed by atoms with Gasteiger partial charge < -0.3 is 25.1 Å². The number of aromatic amines is 1. The zero-order valence-electron chi connectivity index (χ0n) is 24.1. The number of carbonyl (C=O) groups is 2. The number of aliphatic hydroxyl groups is 1. The lowest BCUT2D eigenvalue weighted by molar-refractivity contribution is -0.119. The summed E-state index contributed by atoms with van der Waals surface area (Å²) < 4.78 is 43.9. The molecule has 4 heterocycles. The minimum Gasteiger partial charge on any atom is -0.424 e. The standard InChI is InChI=1S/C26H33N6O10PS/c1-25(2,13-33)22(35)44-10-9-38-43(37,29-11-15-7-5-4-6-8-15)39-12-16-18-26(3,42-24(36)41-18)21(40-16)32-14-28-17-19(32)30-23(27)31-20(17)34/h4-8,14,16,18,21,33H,9-13H2,1-3H3,(H,29,37)(H3,27,30,31,34)/t16-,18?,21-,26?,43?/m1/s1. The fourth-order valence-corrected chi connectivity index (χ4v) is 6.95. The summed E-state index contributed by atoms with van der Waals surface area (Å²) in [6.07, 6.45) is -2.71. The number of hydrogen-bond acceptors (Lipinski definition) is 14. The average Bonchev–Trinajstić information content (AvgIpc) is 3.62. The van der Waals surface area contributed by atoms with Crippen molar-refractivity contribution in [1.82, 2.24) is 24.6 Å². The van der Waals surface area contributed by atoms with Crippen molar-refractivity contribution in [1.29, 1.82) is 0 Å². The van der Waals surface area contributed by atoms with Crippen LogP contribution in [0.5, 0.6) is 0 Å². The molecule has 16 nitrogen and oxygen atoms in total. The molecule has 2 saturated heterocycles. The highest BCUT2D eigenvalue weighted by molar-refractivity contribution is 8.13. The largest absolute Gasteiger partial charge is 0.509 e. The molecular formula is C26H33N6O10PS. The van der Waals surface area contributed by atoms with E-state index in [1.807, 2.05) is 30.3 Å². The van der Waals surface area contributed by atoms with Gasteiger partial charge in [0.1, 0.15) is 6.10 Å². The molecule has 5 atom stereocenters. The second-order valence-corrected chi connectivity index (χ2v) is 13.9. The van der Waals surface area contributed by atoms with Crippen LogP contribution >= 0.6 is 19.5 Å². The Balaban J connectivity index is 1.32. The van der Waals surface area contributed by atoms with E-state index >= 15 is 0 Å². The van der Waals surface area contributed by atoms with Crippen LogP contribution in [0.2, 0.25) is 0 Å². The molecule has 0 bridgehead atoms. The summed E-state index contributed by atoms with van der Waals surface area (Å²) in [4.78, 5) is 47.6. The Labute approximate surface area is 255 Å². The normalized spacial score (nSPS) is 24.5. The van der Waals surface area contributed by atoms with E-state index < -0.39 is 48.9 Å². The molecule has 2 fully saturated rings. The zero-order valence-corrected chi connectivity index (χ0v) is 25.8. The van der Waals surface area contributed by atoms with E-state index in [0.29, 0.717) is 0 Å². The van der Waals surface area contributed by atoms with E-state index in [1.54, 1.807) is 20.8 Å². The third kappa shape index (κ3) is 6.54. The van der Waals surface area contributed by atoms with Gasteiger partial charge in [0, 0.05) is 12.3 Å². The number of nitrogens with zero attached hydrogens (tertiary/aromatic N) is 3. The number of nitrogen functional groups attached to an aromatic ring is 1. The summed E-state index contributed by atoms with van der Waals surface area (Å²) in [6, 6.07) is 9.15. The first kappa shape index (κ1) is 32.1. The van der Waals surface area contributed by atoms with Crippen molar-refractivity contribution in [3.8, 4) is 0 Å². The molecule has 2 aliphatic rings. The molecule has 0 spiro atoms. The van der Waals surface area contributed by atoms with Crippen LogP contribution in [-0.2, 0) is 39.2 Å². The molecule has 0 saturated carbocycles. The molecule has 5 N–H and O–H groups in total. The molecule has 5 rings (SSSR count). The summed E-state index contributed by atoms with van der Waals surface area (Å²) in [5.74, 6) is 0.00518. The number of nitrogens with two attached hydrogens (primary N) is 1. The molecule has 1 aromatic carbocycles. The van der Waals surface area contributed by atoms with Crippen LogP contribution in [0.1, 0.15) is 32.6 Å². The minimum atomic E-state index is -4.03. The van der Waals surface area contributed by atoms with E-state index in [0.717, 1.165) is 17.3 Å². The number of hydrogen-bond donors (Lipinski definition) is 4. The first-order valence-electron chi connectivity index (χ1n) is 13.6. The SMILES string of the molecule is CC(C)(CO)C(=O)SCCOP(=O)(NCc1ccccc1)OC[C@H]1O[C@@H](n2cnc3c(=O)[nH]c(N)nc32)C2(C)OC(=O)OC12. The number of benzene rings is 1. The van der Waals surface area contributed by atoms with Crippen molar-refractivity contribution in [3.05, 3.63) is 52.6 Å². The van der Waals surface area contributed by atoms with E-state index in [1.165, 1.54) is 10.9 Å². The molecule has 2 aromatic heterocycles. The van der Waals surface area contributed by atoms with E-state index in [4.69, 9.17) is 29.0 Å². The molecule has 3 unspecified atom stereocenters. The van der Waals surface area contributed by atoms with Gasteiger partial charge in [0.2, 0.25) is 5.95 Å². The van der Waals surface area contributed by atoms with Crippen molar-refractivity contribution in [2.24, 2.45) is 5.41 Å². The second-order valence-electron chi connectivity index (χ2n) is 11.0. The molecular weight excluding hydrogens is 619 g/mol. The number of carbonyl (C=O) groups excluding carboxylic acids is 2. The monoisotopic (exact) mass is 652 g/mol. The molecule has 0 aliphatic carbocycles. The van der Waals surface area contributed by atoms with Crippen molar-refractivity contribution >= 4 is 47.9 Å². The number of thioether (sulfide) groups is 1. The topological polar surface area (TPSA) is 219 Å². The van der Waals surface area contributed by atoms with Gasteiger partial charge in [-0.05, 0) is 26.3 Å². The van der Waals surface area contributed by atoms with Gasteiger partial charge in [-0.2, -0.15) is 4.98 Å². The number of imidazole rings is 1. The van der Waals surface area contributed by atoms with E-state index in [9.17, 15) is 24.1 Å². The summed E-state index contributed by atoms with van der Waals surface area (Å²) in [5, 5.41) is 12.0. The molecule has 2 aliphatic heterocycles. The van der Waals surface area contributed by atoms with Gasteiger partial charge in [0.05, 0.1) is 31.6 Å². The number of ether oxygens (including phenoxy) is 3. The van der Waals surface area contributed by atoms with Crippen LogP contribution < -0.4 is 16.4 Å². The van der Waals surface area contributed by atoms with Gasteiger partial charge >= 0.3 is 13.9 Å². The second kappa shape index (κ2) is 12.6. The fourth-order valence-electron chi connectivity index (χ4n) is 4.71. The van der Waals surface area contributed by atoms with Crippen molar-refractivity contribution in [2.75, 3.05) is 31.3 Å². The van der Waals surface area contributed by atoms with Crippen LogP contribution in [0, 0.1) is 5.41 Å². The predicted octanol–water partition coefficient (Wildman–Crippen LogP) is 2.10. The van der Waals surface area contributed by atoms with Gasteiger partial charge in [0.25, 0.3) is 5.56 Å². The highest BCUT2D eigenvalue weighted by atomic mass is 32.2. The third-order valence-electron chi connectivity index (χ3n) is 7.18. The molecule has 18 heteroatoms. The lowest BCUT2D eigenvalue weighted by atomic mass is 9.96. The Morgan fingerprint density at radius 1 is 1.30 bits per heavy atom. The Hall–Kier alpha value is -3.31. The summed E-state index contributed by atoms with van der Waals surface area (Å²) in [6.45, 7) is 4.17. The Bertz CT molecular complexity index is 1630. The maximum absolute atomic E-state index is 13.9. The lowest BCUT2D eigenvalue weighted by Gasteiger charge is -2.26. The van der Waals surface area contributed by atoms with Gasteiger partial charge in [-0.25, -0.2) is 19.4 Å². The minimum absolute atomic E-state index is 0.00497. The van der Waals surface area contributed by atoms with Crippen molar-refractivity contribution < 1.29 is 42.5 Å². The number of H-pyrrole nitrogens is 1. The van der Waals surface area contributed by atoms with Gasteiger partial charge in [-0.3, -0.25) is 28.2 Å². The molecule has 3 aromatic rings. The van der Waals surface area contributed by atoms with Crippen molar-refractivity contribution in [2.45, 2.75) is 51.4 Å². The van der Waals surface area contributed by atoms with Crippen LogP contribution in [0.3, 0.4) is 0 Å². The predicted molar refractivity (Wildman–Crippen MR) is 157 cm³/mol. The molecule has 44 heavy (non-hydrogen) atoms. The average molecular weight is 653 g/mol. The fraction of sp³-hybridized carbons (Fsp3) is 0.500. The number of aromatic nitrogens is 4. The number of fused-ring (bicyclic) bond motifs is 2. The Kier molecular flexibility index (Phi) is 9.18. The summed E-state index contributed by atoms with van der Waals surface area (Å²) >= 11 is 0.945. The van der Waals surface area contributed by atoms with Gasteiger partial charge in [-0.15, -0.1) is 0 Å². The maximum atomic E-state index is 13.9. The highest BCUT2D eigenvalue weighted by Crippen LogP contribution is 2.50. The lowest BCUT2D eigenvalue weighted by Crippen LogP contribution is -2.42.